The summed E-state index contributed by atoms with van der Waals surface area (Å²) in [5, 5.41) is 13.3. The summed E-state index contributed by atoms with van der Waals surface area (Å²) in [6.45, 7) is 0. The zero-order valence-corrected chi connectivity index (χ0v) is 11.0. The zero-order valence-electron chi connectivity index (χ0n) is 10.2. The third-order valence-electron chi connectivity index (χ3n) is 3.85. The summed E-state index contributed by atoms with van der Waals surface area (Å²) >= 11 is 1.29. The van der Waals surface area contributed by atoms with Gasteiger partial charge in [0.05, 0.1) is 0 Å². The Kier molecular flexibility index (Phi) is 2.97. The first-order valence-corrected chi connectivity index (χ1v) is 7.32. The molecule has 0 amide bonds. The molecule has 0 atom stereocenters. The maximum Gasteiger partial charge on any atom is 0.329 e. The molecule has 98 valence electrons. The molecule has 5 nitrogen and oxygen atoms in total. The molecule has 3 rings (SSSR count). The second kappa shape index (κ2) is 4.50. The van der Waals surface area contributed by atoms with E-state index in [1.165, 1.54) is 24.4 Å². The van der Waals surface area contributed by atoms with Gasteiger partial charge in [-0.15, -0.1) is 0 Å². The van der Waals surface area contributed by atoms with Crippen LogP contribution >= 0.6 is 11.5 Å². The maximum absolute atomic E-state index is 11.5. The summed E-state index contributed by atoms with van der Waals surface area (Å²) < 4.78 is 4.31. The molecule has 2 fully saturated rings. The highest BCUT2D eigenvalue weighted by Gasteiger charge is 2.40. The topological polar surface area (TPSA) is 75.1 Å². The number of nitrogens with one attached hydrogen (secondary N) is 1. The van der Waals surface area contributed by atoms with E-state index < -0.39 is 11.5 Å². The van der Waals surface area contributed by atoms with Crippen LogP contribution in [0.1, 0.15) is 56.7 Å². The van der Waals surface area contributed by atoms with Crippen LogP contribution in [0.15, 0.2) is 0 Å². The third-order valence-corrected chi connectivity index (χ3v) is 4.49. The van der Waals surface area contributed by atoms with Gasteiger partial charge in [0.25, 0.3) is 0 Å². The molecule has 0 saturated heterocycles. The van der Waals surface area contributed by atoms with E-state index >= 15 is 0 Å². The first-order chi connectivity index (χ1) is 8.70. The molecule has 2 N–H and O–H groups in total. The number of carboxylic acids is 1. The Balaban J connectivity index is 1.76. The third kappa shape index (κ3) is 2.21. The van der Waals surface area contributed by atoms with E-state index in [9.17, 15) is 9.90 Å². The molecule has 0 spiro atoms. The summed E-state index contributed by atoms with van der Waals surface area (Å²) in [5.74, 6) is 0.646. The van der Waals surface area contributed by atoms with Crippen molar-refractivity contribution >= 4 is 22.6 Å². The average molecular weight is 267 g/mol. The molecular weight excluding hydrogens is 250 g/mol. The number of aliphatic carboxylic acids is 1. The van der Waals surface area contributed by atoms with Gasteiger partial charge >= 0.3 is 5.97 Å². The molecule has 1 aromatic heterocycles. The maximum atomic E-state index is 11.5. The minimum atomic E-state index is -0.821. The van der Waals surface area contributed by atoms with Crippen LogP contribution in [0.2, 0.25) is 0 Å². The van der Waals surface area contributed by atoms with Crippen molar-refractivity contribution in [2.75, 3.05) is 5.32 Å². The Hall–Kier alpha value is -1.17. The summed E-state index contributed by atoms with van der Waals surface area (Å²) in [5.41, 5.74) is -0.821. The van der Waals surface area contributed by atoms with E-state index in [2.05, 4.69) is 14.7 Å². The van der Waals surface area contributed by atoms with Gasteiger partial charge in [0.1, 0.15) is 11.4 Å². The zero-order chi connectivity index (χ0) is 12.6. The van der Waals surface area contributed by atoms with Crippen molar-refractivity contribution in [1.29, 1.82) is 0 Å². The lowest BCUT2D eigenvalue weighted by molar-refractivity contribution is -0.143. The average Bonchev–Trinajstić information content (AvgIpc) is 3.12. The van der Waals surface area contributed by atoms with Crippen molar-refractivity contribution in [3.8, 4) is 0 Å². The predicted octanol–water partition coefficient (Wildman–Crippen LogP) is 2.61. The van der Waals surface area contributed by atoms with Crippen LogP contribution in [-0.4, -0.2) is 26.0 Å². The van der Waals surface area contributed by atoms with E-state index in [0.29, 0.717) is 23.9 Å². The highest BCUT2D eigenvalue weighted by Crippen LogP contribution is 2.40. The fourth-order valence-corrected chi connectivity index (χ4v) is 3.29. The molecular formula is C12H17N3O2S. The van der Waals surface area contributed by atoms with Crippen molar-refractivity contribution in [2.24, 2.45) is 0 Å². The SMILES string of the molecule is O=C(O)C1(Nc2nc(C3CC3)ns2)CCCCC1. The first-order valence-electron chi connectivity index (χ1n) is 6.55. The van der Waals surface area contributed by atoms with E-state index in [-0.39, 0.29) is 0 Å². The molecule has 2 aliphatic carbocycles. The van der Waals surface area contributed by atoms with Crippen LogP contribution < -0.4 is 5.32 Å². The molecule has 0 unspecified atom stereocenters. The van der Waals surface area contributed by atoms with Gasteiger partial charge in [-0.25, -0.2) is 9.78 Å². The molecule has 18 heavy (non-hydrogen) atoms. The van der Waals surface area contributed by atoms with Crippen molar-refractivity contribution in [3.05, 3.63) is 5.82 Å². The van der Waals surface area contributed by atoms with Crippen LogP contribution in [0.5, 0.6) is 0 Å². The Bertz CT molecular complexity index is 450. The van der Waals surface area contributed by atoms with E-state index in [4.69, 9.17) is 0 Å². The molecule has 1 aromatic rings. The van der Waals surface area contributed by atoms with Crippen LogP contribution in [0.25, 0.3) is 0 Å². The number of nitrogens with zero attached hydrogens (tertiary/aromatic N) is 2. The van der Waals surface area contributed by atoms with Crippen molar-refractivity contribution in [3.63, 3.8) is 0 Å². The quantitative estimate of drug-likeness (QED) is 0.877. The lowest BCUT2D eigenvalue weighted by Crippen LogP contribution is -2.47. The molecule has 6 heteroatoms. The minimum Gasteiger partial charge on any atom is -0.480 e. The molecule has 2 aliphatic rings. The molecule has 2 saturated carbocycles. The minimum absolute atomic E-state index is 0.518. The smallest absolute Gasteiger partial charge is 0.329 e. The number of carboxylic acid groups (broad SMARTS) is 1. The number of hydrogen-bond donors (Lipinski definition) is 2. The second-order valence-corrected chi connectivity index (χ2v) is 6.06. The molecule has 0 aliphatic heterocycles. The summed E-state index contributed by atoms with van der Waals surface area (Å²) in [4.78, 5) is 16.0. The van der Waals surface area contributed by atoms with E-state index in [0.717, 1.165) is 25.1 Å². The number of carbonyl (C=O) groups is 1. The molecule has 0 radical (unpaired) electrons. The molecule has 0 aromatic carbocycles. The van der Waals surface area contributed by atoms with Gasteiger partial charge in [-0.05, 0) is 25.7 Å². The lowest BCUT2D eigenvalue weighted by atomic mass is 9.82. The fraction of sp³-hybridized carbons (Fsp3) is 0.750. The lowest BCUT2D eigenvalue weighted by Gasteiger charge is -2.33. The van der Waals surface area contributed by atoms with Gasteiger partial charge in [0, 0.05) is 17.5 Å². The first kappa shape index (κ1) is 11.9. The number of rotatable bonds is 4. The Morgan fingerprint density at radius 1 is 1.33 bits per heavy atom. The Morgan fingerprint density at radius 3 is 2.67 bits per heavy atom. The number of hydrogen-bond acceptors (Lipinski definition) is 5. The van der Waals surface area contributed by atoms with Gasteiger partial charge in [-0.1, -0.05) is 19.3 Å². The summed E-state index contributed by atoms with van der Waals surface area (Å²) in [7, 11) is 0. The highest BCUT2D eigenvalue weighted by molar-refractivity contribution is 7.09. The molecule has 0 bridgehead atoms. The summed E-state index contributed by atoms with van der Waals surface area (Å²) in [6.07, 6.45) is 6.75. The fourth-order valence-electron chi connectivity index (χ4n) is 2.55. The Morgan fingerprint density at radius 2 is 2.06 bits per heavy atom. The number of aromatic nitrogens is 2. The van der Waals surface area contributed by atoms with Gasteiger partial charge in [0.15, 0.2) is 0 Å². The molecule has 1 heterocycles. The van der Waals surface area contributed by atoms with Crippen molar-refractivity contribution in [1.82, 2.24) is 9.36 Å². The largest absolute Gasteiger partial charge is 0.480 e. The van der Waals surface area contributed by atoms with Gasteiger partial charge in [-0.2, -0.15) is 4.37 Å². The normalized spacial score (nSPS) is 22.7. The van der Waals surface area contributed by atoms with E-state index in [1.807, 2.05) is 0 Å². The van der Waals surface area contributed by atoms with Gasteiger partial charge < -0.3 is 10.4 Å². The Labute approximate surface area is 110 Å². The van der Waals surface area contributed by atoms with Crippen LogP contribution in [0.4, 0.5) is 5.13 Å². The second-order valence-electron chi connectivity index (χ2n) is 5.30. The van der Waals surface area contributed by atoms with Crippen LogP contribution in [-0.2, 0) is 4.79 Å². The van der Waals surface area contributed by atoms with Gasteiger partial charge in [-0.3, -0.25) is 0 Å². The summed E-state index contributed by atoms with van der Waals surface area (Å²) in [6, 6.07) is 0. The van der Waals surface area contributed by atoms with E-state index in [1.54, 1.807) is 0 Å². The standard InChI is InChI=1S/C12H17N3O2S/c16-10(17)12(6-2-1-3-7-12)14-11-13-9(15-18-11)8-4-5-8/h8H,1-7H2,(H,16,17)(H,13,14,15). The highest BCUT2D eigenvalue weighted by atomic mass is 32.1. The van der Waals surface area contributed by atoms with Gasteiger partial charge in [0.2, 0.25) is 5.13 Å². The van der Waals surface area contributed by atoms with Crippen molar-refractivity contribution in [2.45, 2.75) is 56.4 Å². The monoisotopic (exact) mass is 267 g/mol. The number of anilines is 1. The van der Waals surface area contributed by atoms with Crippen LogP contribution in [0.3, 0.4) is 0 Å². The predicted molar refractivity (Wildman–Crippen MR) is 69.0 cm³/mol. The van der Waals surface area contributed by atoms with Crippen LogP contribution in [0, 0.1) is 0 Å². The van der Waals surface area contributed by atoms with Crippen molar-refractivity contribution < 1.29 is 9.90 Å².